The molecule has 0 bridgehead atoms. The van der Waals surface area contributed by atoms with Crippen LogP contribution in [0.5, 0.6) is 0 Å². The van der Waals surface area contributed by atoms with Crippen LogP contribution in [-0.2, 0) is 0 Å². The minimum Gasteiger partial charge on any atom is -0.268 e. The third-order valence-corrected chi connectivity index (χ3v) is 5.31. The lowest BCUT2D eigenvalue weighted by Crippen LogP contribution is -2.28. The predicted octanol–water partition coefficient (Wildman–Crippen LogP) is 5.28. The summed E-state index contributed by atoms with van der Waals surface area (Å²) in [6.07, 6.45) is 0. The Hall–Kier alpha value is -4.58. The number of rotatable bonds is 3. The smallest absolute Gasteiger partial charge is 0.268 e. The summed E-state index contributed by atoms with van der Waals surface area (Å²) in [5.41, 5.74) is 1.16. The van der Waals surface area contributed by atoms with Gasteiger partial charge in [-0.2, -0.15) is 0 Å². The maximum Gasteiger partial charge on any atom is 0.271 e. The molecule has 0 spiro atoms. The summed E-state index contributed by atoms with van der Waals surface area (Å²) >= 11 is 0. The van der Waals surface area contributed by atoms with E-state index >= 15 is 0 Å². The SMILES string of the molecule is O=c1c2ccccc2ccc(=Nc2cccc([N+](=O)[O-])c2)n1-c1ccc2ccccc2c1. The average Bonchev–Trinajstić information content (AvgIpc) is 2.95. The molecule has 0 amide bonds. The van der Waals surface area contributed by atoms with Crippen molar-refractivity contribution in [1.82, 2.24) is 4.57 Å². The van der Waals surface area contributed by atoms with Gasteiger partial charge in [-0.25, -0.2) is 4.99 Å². The Labute approximate surface area is 182 Å². The molecule has 154 valence electrons. The lowest BCUT2D eigenvalue weighted by atomic mass is 10.1. The first-order chi connectivity index (χ1) is 15.6. The molecule has 0 N–H and O–H groups in total. The molecule has 0 atom stereocenters. The number of nitro benzene ring substituents is 1. The van der Waals surface area contributed by atoms with E-state index in [2.05, 4.69) is 4.99 Å². The van der Waals surface area contributed by atoms with E-state index in [0.717, 1.165) is 16.2 Å². The topological polar surface area (TPSA) is 77.5 Å². The van der Waals surface area contributed by atoms with Crippen LogP contribution in [0.2, 0.25) is 0 Å². The molecule has 5 aromatic rings. The highest BCUT2D eigenvalue weighted by molar-refractivity contribution is 5.85. The first-order valence-corrected chi connectivity index (χ1v) is 10.0. The molecule has 6 nitrogen and oxygen atoms in total. The van der Waals surface area contributed by atoms with Gasteiger partial charge in [-0.1, -0.05) is 60.7 Å². The van der Waals surface area contributed by atoms with Crippen molar-refractivity contribution in [2.75, 3.05) is 0 Å². The van der Waals surface area contributed by atoms with Gasteiger partial charge < -0.3 is 0 Å². The number of nitro groups is 1. The molecule has 0 saturated heterocycles. The Balaban J connectivity index is 1.87. The Morgan fingerprint density at radius 2 is 1.44 bits per heavy atom. The molecule has 0 radical (unpaired) electrons. The van der Waals surface area contributed by atoms with E-state index in [9.17, 15) is 14.9 Å². The van der Waals surface area contributed by atoms with E-state index in [1.807, 2.05) is 66.7 Å². The highest BCUT2D eigenvalue weighted by Gasteiger charge is 2.09. The fourth-order valence-corrected chi connectivity index (χ4v) is 3.76. The molecular formula is C26H17N3O3. The van der Waals surface area contributed by atoms with Crippen molar-refractivity contribution in [3.05, 3.63) is 129 Å². The number of nitrogens with zero attached hydrogens (tertiary/aromatic N) is 3. The zero-order valence-corrected chi connectivity index (χ0v) is 16.9. The van der Waals surface area contributed by atoms with Crippen LogP contribution in [-0.4, -0.2) is 9.49 Å². The Morgan fingerprint density at radius 3 is 2.25 bits per heavy atom. The Kier molecular flexibility index (Phi) is 4.80. The number of hydrogen-bond donors (Lipinski definition) is 0. The van der Waals surface area contributed by atoms with Gasteiger partial charge in [0, 0.05) is 17.5 Å². The van der Waals surface area contributed by atoms with E-state index in [1.54, 1.807) is 28.8 Å². The second kappa shape index (κ2) is 7.92. The molecule has 0 fully saturated rings. The number of benzene rings is 4. The summed E-state index contributed by atoms with van der Waals surface area (Å²) in [7, 11) is 0. The maximum atomic E-state index is 13.6. The van der Waals surface area contributed by atoms with E-state index in [4.69, 9.17) is 0 Å². The zero-order valence-electron chi connectivity index (χ0n) is 16.9. The molecule has 0 saturated carbocycles. The number of non-ortho nitro benzene ring substituents is 1. The van der Waals surface area contributed by atoms with Crippen LogP contribution in [0, 0.1) is 10.1 Å². The first-order valence-electron chi connectivity index (χ1n) is 10.0. The second-order valence-corrected chi connectivity index (χ2v) is 7.34. The van der Waals surface area contributed by atoms with E-state index in [0.29, 0.717) is 22.2 Å². The quantitative estimate of drug-likeness (QED) is 0.295. The van der Waals surface area contributed by atoms with Crippen LogP contribution in [0.25, 0.3) is 27.2 Å². The maximum absolute atomic E-state index is 13.6. The normalized spacial score (nSPS) is 11.7. The summed E-state index contributed by atoms with van der Waals surface area (Å²) in [6, 6.07) is 30.7. The first kappa shape index (κ1) is 19.4. The second-order valence-electron chi connectivity index (χ2n) is 7.34. The van der Waals surface area contributed by atoms with E-state index in [1.165, 1.54) is 12.1 Å². The molecule has 0 aliphatic carbocycles. The lowest BCUT2D eigenvalue weighted by molar-refractivity contribution is -0.384. The largest absolute Gasteiger partial charge is 0.271 e. The third kappa shape index (κ3) is 3.54. The van der Waals surface area contributed by atoms with Gasteiger partial charge in [0.1, 0.15) is 5.49 Å². The Morgan fingerprint density at radius 1 is 0.719 bits per heavy atom. The van der Waals surface area contributed by atoms with Crippen molar-refractivity contribution in [1.29, 1.82) is 0 Å². The van der Waals surface area contributed by atoms with Gasteiger partial charge in [-0.3, -0.25) is 19.5 Å². The van der Waals surface area contributed by atoms with Crippen molar-refractivity contribution in [2.24, 2.45) is 4.99 Å². The third-order valence-electron chi connectivity index (χ3n) is 5.31. The average molecular weight is 419 g/mol. The lowest BCUT2D eigenvalue weighted by Gasteiger charge is -2.07. The van der Waals surface area contributed by atoms with Crippen LogP contribution in [0.3, 0.4) is 0 Å². The number of hydrogen-bond acceptors (Lipinski definition) is 4. The molecule has 6 heteroatoms. The van der Waals surface area contributed by atoms with Gasteiger partial charge >= 0.3 is 0 Å². The minimum atomic E-state index is -0.464. The van der Waals surface area contributed by atoms with Crippen molar-refractivity contribution >= 4 is 32.9 Å². The van der Waals surface area contributed by atoms with Gasteiger partial charge in [0.05, 0.1) is 16.3 Å². The van der Waals surface area contributed by atoms with Crippen molar-refractivity contribution in [2.45, 2.75) is 0 Å². The summed E-state index contributed by atoms with van der Waals surface area (Å²) in [5.74, 6) is 0. The molecule has 0 unspecified atom stereocenters. The van der Waals surface area contributed by atoms with Crippen LogP contribution in [0.1, 0.15) is 0 Å². The van der Waals surface area contributed by atoms with Gasteiger partial charge in [-0.05, 0) is 46.5 Å². The van der Waals surface area contributed by atoms with Crippen molar-refractivity contribution in [3.8, 4) is 5.69 Å². The molecule has 1 heterocycles. The molecule has 0 aliphatic heterocycles. The van der Waals surface area contributed by atoms with Crippen LogP contribution in [0.15, 0.2) is 113 Å². The standard InChI is InChI=1S/C26H17N3O3/c30-26-24-11-4-3-7-19(24)13-15-25(27-21-9-5-10-23(17-21)29(31)32)28(26)22-14-12-18-6-1-2-8-20(18)16-22/h1-17H. The summed E-state index contributed by atoms with van der Waals surface area (Å²) in [6.45, 7) is 0. The van der Waals surface area contributed by atoms with Crippen molar-refractivity contribution < 1.29 is 4.92 Å². The fraction of sp³-hybridized carbons (Fsp3) is 0. The number of fused-ring (bicyclic) bond motifs is 2. The van der Waals surface area contributed by atoms with Gasteiger partial charge in [-0.15, -0.1) is 0 Å². The predicted molar refractivity (Wildman–Crippen MR) is 125 cm³/mol. The summed E-state index contributed by atoms with van der Waals surface area (Å²) in [4.78, 5) is 29.0. The summed E-state index contributed by atoms with van der Waals surface area (Å²) in [5, 5.41) is 14.6. The molecule has 0 aliphatic rings. The highest BCUT2D eigenvalue weighted by Crippen LogP contribution is 2.20. The molecule has 1 aromatic heterocycles. The fourth-order valence-electron chi connectivity index (χ4n) is 3.76. The van der Waals surface area contributed by atoms with E-state index in [-0.39, 0.29) is 11.2 Å². The number of aromatic nitrogens is 1. The van der Waals surface area contributed by atoms with Crippen LogP contribution >= 0.6 is 0 Å². The monoisotopic (exact) mass is 419 g/mol. The van der Waals surface area contributed by atoms with E-state index < -0.39 is 4.92 Å². The van der Waals surface area contributed by atoms with Gasteiger partial charge in [0.25, 0.3) is 11.2 Å². The molecule has 5 rings (SSSR count). The Bertz CT molecular complexity index is 1640. The zero-order chi connectivity index (χ0) is 22.1. The van der Waals surface area contributed by atoms with Crippen molar-refractivity contribution in [3.63, 3.8) is 0 Å². The van der Waals surface area contributed by atoms with Crippen LogP contribution in [0.4, 0.5) is 11.4 Å². The molecule has 32 heavy (non-hydrogen) atoms. The summed E-state index contributed by atoms with van der Waals surface area (Å²) < 4.78 is 1.55. The highest BCUT2D eigenvalue weighted by atomic mass is 16.6. The van der Waals surface area contributed by atoms with Gasteiger partial charge in [0.2, 0.25) is 0 Å². The molecule has 4 aromatic carbocycles. The molecular weight excluding hydrogens is 402 g/mol. The van der Waals surface area contributed by atoms with Crippen LogP contribution < -0.4 is 11.0 Å². The van der Waals surface area contributed by atoms with Gasteiger partial charge in [0.15, 0.2) is 0 Å². The minimum absolute atomic E-state index is 0.0590.